The van der Waals surface area contributed by atoms with E-state index >= 15 is 0 Å². The Hall–Kier alpha value is -2.30. The van der Waals surface area contributed by atoms with Crippen molar-refractivity contribution in [2.45, 2.75) is 12.5 Å². The van der Waals surface area contributed by atoms with Gasteiger partial charge in [0.05, 0.1) is 25.4 Å². The third-order valence-corrected chi connectivity index (χ3v) is 5.46. The number of nitrogens with zero attached hydrogens (tertiary/aromatic N) is 4. The summed E-state index contributed by atoms with van der Waals surface area (Å²) in [4.78, 5) is 26.5. The van der Waals surface area contributed by atoms with E-state index in [2.05, 4.69) is 24.6 Å². The molecule has 4 rings (SSSR count). The normalized spacial score (nSPS) is 18.2. The first-order chi connectivity index (χ1) is 13.6. The van der Waals surface area contributed by atoms with Gasteiger partial charge in [0.1, 0.15) is 5.82 Å². The van der Waals surface area contributed by atoms with E-state index in [0.717, 1.165) is 29.5 Å². The minimum Gasteiger partial charge on any atom is -0.466 e. The zero-order valence-electron chi connectivity index (χ0n) is 15.5. The Morgan fingerprint density at radius 1 is 1.46 bits per heavy atom. The van der Waals surface area contributed by atoms with Crippen molar-refractivity contribution >= 4 is 35.1 Å². The highest BCUT2D eigenvalue weighted by Gasteiger charge is 2.37. The Balaban J connectivity index is 0.000000271. The van der Waals surface area contributed by atoms with Gasteiger partial charge in [-0.1, -0.05) is 11.9 Å². The van der Waals surface area contributed by atoms with Gasteiger partial charge in [0, 0.05) is 42.5 Å². The van der Waals surface area contributed by atoms with Crippen molar-refractivity contribution in [3.05, 3.63) is 58.2 Å². The lowest BCUT2D eigenvalue weighted by Gasteiger charge is -2.26. The summed E-state index contributed by atoms with van der Waals surface area (Å²) < 4.78 is 20.1. The van der Waals surface area contributed by atoms with Gasteiger partial charge in [0.2, 0.25) is 0 Å². The SMILES string of the molecule is COC(=O)C1=C2C[C@H](NSC)CN2C(c2nccs2)=NC1.Fc1cccnc1. The number of fused-ring (bicyclic) bond motifs is 1. The molecule has 2 aromatic rings. The summed E-state index contributed by atoms with van der Waals surface area (Å²) >= 11 is 3.15. The molecule has 2 aliphatic rings. The number of carbonyl (C=O) groups is 1. The maximum absolute atomic E-state index is 12.0. The van der Waals surface area contributed by atoms with Crippen molar-refractivity contribution in [2.75, 3.05) is 26.5 Å². The predicted octanol–water partition coefficient (Wildman–Crippen LogP) is 2.49. The summed E-state index contributed by atoms with van der Waals surface area (Å²) in [6, 6.07) is 3.19. The van der Waals surface area contributed by atoms with Crippen molar-refractivity contribution in [3.63, 3.8) is 0 Å². The molecular formula is C18H20FN5O2S2. The van der Waals surface area contributed by atoms with Crippen LogP contribution in [0.5, 0.6) is 0 Å². The maximum atomic E-state index is 12.0. The first-order valence-electron chi connectivity index (χ1n) is 8.50. The lowest BCUT2D eigenvalue weighted by atomic mass is 10.1. The third-order valence-electron chi connectivity index (χ3n) is 4.12. The van der Waals surface area contributed by atoms with Gasteiger partial charge < -0.3 is 9.64 Å². The van der Waals surface area contributed by atoms with Crippen LogP contribution in [0.1, 0.15) is 11.4 Å². The van der Waals surface area contributed by atoms with E-state index in [9.17, 15) is 9.18 Å². The Bertz CT molecular complexity index is 858. The summed E-state index contributed by atoms with van der Waals surface area (Å²) in [5.74, 6) is 0.280. The minimum absolute atomic E-state index is 0.289. The minimum atomic E-state index is -0.290. The molecule has 1 atom stereocenters. The van der Waals surface area contributed by atoms with Gasteiger partial charge in [-0.05, 0) is 18.4 Å². The smallest absolute Gasteiger partial charge is 0.337 e. The van der Waals surface area contributed by atoms with E-state index in [1.165, 1.54) is 25.6 Å². The number of thiazole rings is 1. The number of hydrogen-bond donors (Lipinski definition) is 1. The maximum Gasteiger partial charge on any atom is 0.337 e. The Labute approximate surface area is 170 Å². The molecular weight excluding hydrogens is 401 g/mol. The van der Waals surface area contributed by atoms with Crippen LogP contribution in [0, 0.1) is 5.82 Å². The third kappa shape index (κ3) is 4.75. The quantitative estimate of drug-likeness (QED) is 0.600. The molecule has 0 saturated carbocycles. The average molecular weight is 422 g/mol. The number of methoxy groups -OCH3 is 1. The molecule has 28 heavy (non-hydrogen) atoms. The molecule has 10 heteroatoms. The zero-order valence-corrected chi connectivity index (χ0v) is 17.1. The number of aliphatic imine (C=N–C) groups is 1. The van der Waals surface area contributed by atoms with Gasteiger partial charge in [-0.2, -0.15) is 0 Å². The number of nitrogens with one attached hydrogen (secondary N) is 1. The Morgan fingerprint density at radius 2 is 2.32 bits per heavy atom. The van der Waals surface area contributed by atoms with Gasteiger partial charge in [0.15, 0.2) is 10.8 Å². The number of halogens is 1. The van der Waals surface area contributed by atoms with Crippen LogP contribution in [-0.2, 0) is 9.53 Å². The summed E-state index contributed by atoms with van der Waals surface area (Å²) in [5.41, 5.74) is 1.66. The number of aromatic nitrogens is 2. The van der Waals surface area contributed by atoms with Gasteiger partial charge in [-0.25, -0.2) is 14.2 Å². The van der Waals surface area contributed by atoms with Crippen LogP contribution in [0.2, 0.25) is 0 Å². The van der Waals surface area contributed by atoms with Gasteiger partial charge in [-0.15, -0.1) is 11.3 Å². The second-order valence-electron chi connectivity index (χ2n) is 5.90. The molecule has 0 aromatic carbocycles. The molecule has 1 fully saturated rings. The highest BCUT2D eigenvalue weighted by molar-refractivity contribution is 7.96. The molecule has 148 valence electrons. The molecule has 1 saturated heterocycles. The highest BCUT2D eigenvalue weighted by Crippen LogP contribution is 2.32. The molecule has 0 unspecified atom stereocenters. The van der Waals surface area contributed by atoms with Crippen LogP contribution in [0.15, 0.2) is 52.4 Å². The lowest BCUT2D eigenvalue weighted by molar-refractivity contribution is -0.136. The number of ether oxygens (including phenoxy) is 1. The van der Waals surface area contributed by atoms with Crippen LogP contribution >= 0.6 is 23.3 Å². The Morgan fingerprint density at radius 3 is 2.89 bits per heavy atom. The van der Waals surface area contributed by atoms with E-state index in [4.69, 9.17) is 4.74 Å². The van der Waals surface area contributed by atoms with Gasteiger partial charge >= 0.3 is 5.97 Å². The van der Waals surface area contributed by atoms with E-state index in [0.29, 0.717) is 12.1 Å². The number of esters is 1. The average Bonchev–Trinajstić information content (AvgIpc) is 3.38. The standard InChI is InChI=1S/C13H16N4O2S2.C5H4FN/c1-19-13(18)9-6-15-11(12-14-3-4-21-12)17-7-8(16-20-2)5-10(9)17;6-5-2-1-3-7-4-5/h3-4,8,16H,5-7H2,1-2H3;1-4H/t8-;/m0./s1. The van der Waals surface area contributed by atoms with Crippen molar-refractivity contribution in [1.29, 1.82) is 0 Å². The fourth-order valence-electron chi connectivity index (χ4n) is 2.98. The fourth-order valence-corrected chi connectivity index (χ4v) is 4.12. The predicted molar refractivity (Wildman–Crippen MR) is 109 cm³/mol. The molecule has 0 radical (unpaired) electrons. The van der Waals surface area contributed by atoms with Crippen LogP contribution in [0.4, 0.5) is 4.39 Å². The van der Waals surface area contributed by atoms with Crippen molar-refractivity contribution in [3.8, 4) is 0 Å². The number of hydrogen-bond acceptors (Lipinski definition) is 9. The topological polar surface area (TPSA) is 79.7 Å². The second kappa shape index (κ2) is 9.76. The molecule has 7 nitrogen and oxygen atoms in total. The first-order valence-corrected chi connectivity index (χ1v) is 10.6. The van der Waals surface area contributed by atoms with E-state index in [-0.39, 0.29) is 17.8 Å². The Kier molecular flexibility index (Phi) is 7.12. The van der Waals surface area contributed by atoms with Crippen LogP contribution in [-0.4, -0.2) is 59.2 Å². The molecule has 0 bridgehead atoms. The van der Waals surface area contributed by atoms with Crippen molar-refractivity contribution in [2.24, 2.45) is 4.99 Å². The number of amidine groups is 1. The monoisotopic (exact) mass is 421 g/mol. The molecule has 2 aromatic heterocycles. The second-order valence-corrected chi connectivity index (χ2v) is 7.44. The molecule has 0 spiro atoms. The number of carbonyl (C=O) groups excluding carboxylic acids is 1. The summed E-state index contributed by atoms with van der Waals surface area (Å²) in [7, 11) is 1.41. The highest BCUT2D eigenvalue weighted by atomic mass is 32.2. The molecule has 4 heterocycles. The zero-order chi connectivity index (χ0) is 19.9. The fraction of sp³-hybridized carbons (Fsp3) is 0.333. The summed E-state index contributed by atoms with van der Waals surface area (Å²) in [5, 5.41) is 2.83. The largest absolute Gasteiger partial charge is 0.466 e. The van der Waals surface area contributed by atoms with E-state index in [1.54, 1.807) is 35.5 Å². The summed E-state index contributed by atoms with van der Waals surface area (Å²) in [6.45, 7) is 1.15. The van der Waals surface area contributed by atoms with E-state index in [1.807, 2.05) is 11.6 Å². The molecule has 2 aliphatic heterocycles. The summed E-state index contributed by atoms with van der Waals surface area (Å²) in [6.07, 6.45) is 7.27. The van der Waals surface area contributed by atoms with Crippen LogP contribution in [0.25, 0.3) is 0 Å². The van der Waals surface area contributed by atoms with E-state index < -0.39 is 0 Å². The lowest BCUT2D eigenvalue weighted by Crippen LogP contribution is -2.36. The number of rotatable bonds is 4. The molecule has 1 N–H and O–H groups in total. The van der Waals surface area contributed by atoms with Gasteiger partial charge in [-0.3, -0.25) is 14.7 Å². The molecule has 0 amide bonds. The van der Waals surface area contributed by atoms with Gasteiger partial charge in [0.25, 0.3) is 0 Å². The van der Waals surface area contributed by atoms with Crippen LogP contribution < -0.4 is 4.72 Å². The van der Waals surface area contributed by atoms with Crippen molar-refractivity contribution < 1.29 is 13.9 Å². The van der Waals surface area contributed by atoms with Crippen LogP contribution in [0.3, 0.4) is 0 Å². The molecule has 0 aliphatic carbocycles. The van der Waals surface area contributed by atoms with Crippen molar-refractivity contribution in [1.82, 2.24) is 19.6 Å². The first kappa shape index (κ1) is 20.4. The number of pyridine rings is 1.